The van der Waals surface area contributed by atoms with E-state index in [1.807, 2.05) is 35.7 Å². The first kappa shape index (κ1) is 16.5. The summed E-state index contributed by atoms with van der Waals surface area (Å²) < 4.78 is 6.90. The number of fused-ring (bicyclic) bond motifs is 1. The van der Waals surface area contributed by atoms with Gasteiger partial charge >= 0.3 is 0 Å². The smallest absolute Gasteiger partial charge is 0.251 e. The Morgan fingerprint density at radius 2 is 1.96 bits per heavy atom. The van der Waals surface area contributed by atoms with E-state index in [0.29, 0.717) is 22.8 Å². The summed E-state index contributed by atoms with van der Waals surface area (Å²) in [6.45, 7) is 1.83. The Hall–Kier alpha value is -2.31. The van der Waals surface area contributed by atoms with Crippen molar-refractivity contribution in [3.05, 3.63) is 58.0 Å². The van der Waals surface area contributed by atoms with E-state index in [0.717, 1.165) is 0 Å². The zero-order valence-corrected chi connectivity index (χ0v) is 14.5. The summed E-state index contributed by atoms with van der Waals surface area (Å²) in [4.78, 5) is 12.5. The Kier molecular flexibility index (Phi) is 4.59. The molecule has 0 aliphatic heterocycles. The third kappa shape index (κ3) is 3.02. The molecule has 0 bridgehead atoms. The van der Waals surface area contributed by atoms with Gasteiger partial charge in [0, 0.05) is 11.8 Å². The van der Waals surface area contributed by atoms with Crippen LogP contribution in [0.5, 0.6) is 5.75 Å². The number of ether oxygens (including phenoxy) is 1. The minimum absolute atomic E-state index is 0.274. The maximum atomic E-state index is 12.5. The lowest BCUT2D eigenvalue weighted by atomic mass is 10.2. The normalized spacial score (nSPS) is 12.2. The van der Waals surface area contributed by atoms with Gasteiger partial charge in [-0.15, -0.1) is 10.2 Å². The summed E-state index contributed by atoms with van der Waals surface area (Å²) in [5, 5.41) is 11.6. The molecule has 6 nitrogen and oxygen atoms in total. The molecule has 0 fully saturated rings. The number of amides is 1. The first-order valence-electron chi connectivity index (χ1n) is 7.15. The highest BCUT2D eigenvalue weighted by Crippen LogP contribution is 2.33. The van der Waals surface area contributed by atoms with Crippen LogP contribution in [0.25, 0.3) is 5.65 Å². The molecule has 8 heteroatoms. The standard InChI is InChI=1S/C16H14Cl2N4O2/c1-9(15-21-20-13-5-3-4-6-22(13)15)19-16(23)10-7-11(17)14(24-2)12(18)8-10/h3-9H,1-2H3,(H,19,23). The highest BCUT2D eigenvalue weighted by molar-refractivity contribution is 6.37. The van der Waals surface area contributed by atoms with Gasteiger partial charge in [-0.05, 0) is 31.2 Å². The predicted molar refractivity (Wildman–Crippen MR) is 91.9 cm³/mol. The second-order valence-corrected chi connectivity index (χ2v) is 5.97. The van der Waals surface area contributed by atoms with E-state index in [4.69, 9.17) is 27.9 Å². The average molecular weight is 365 g/mol. The quantitative estimate of drug-likeness (QED) is 0.768. The second-order valence-electron chi connectivity index (χ2n) is 5.16. The van der Waals surface area contributed by atoms with Gasteiger partial charge in [0.05, 0.1) is 23.2 Å². The van der Waals surface area contributed by atoms with Crippen molar-refractivity contribution in [3.63, 3.8) is 0 Å². The zero-order valence-electron chi connectivity index (χ0n) is 13.0. The van der Waals surface area contributed by atoms with Crippen LogP contribution in [0.2, 0.25) is 10.0 Å². The summed E-state index contributed by atoms with van der Waals surface area (Å²) in [6.07, 6.45) is 1.84. The highest BCUT2D eigenvalue weighted by atomic mass is 35.5. The fourth-order valence-electron chi connectivity index (χ4n) is 2.39. The SMILES string of the molecule is COc1c(Cl)cc(C(=O)NC(C)c2nnc3ccccn23)cc1Cl. The number of nitrogens with one attached hydrogen (secondary N) is 1. The van der Waals surface area contributed by atoms with Gasteiger partial charge < -0.3 is 10.1 Å². The number of carbonyl (C=O) groups excluding carboxylic acids is 1. The van der Waals surface area contributed by atoms with Crippen LogP contribution in [-0.4, -0.2) is 27.6 Å². The van der Waals surface area contributed by atoms with Gasteiger partial charge in [0.2, 0.25) is 0 Å². The Labute approximate surface area is 148 Å². The molecule has 0 saturated carbocycles. The number of rotatable bonds is 4. The van der Waals surface area contributed by atoms with Crippen molar-refractivity contribution in [2.24, 2.45) is 0 Å². The highest BCUT2D eigenvalue weighted by Gasteiger charge is 2.18. The molecule has 1 unspecified atom stereocenters. The van der Waals surface area contributed by atoms with Gasteiger partial charge in [-0.3, -0.25) is 9.20 Å². The summed E-state index contributed by atoms with van der Waals surface area (Å²) >= 11 is 12.2. The predicted octanol–water partition coefficient (Wildman–Crippen LogP) is 3.54. The molecule has 0 aliphatic carbocycles. The number of pyridine rings is 1. The lowest BCUT2D eigenvalue weighted by molar-refractivity contribution is 0.0938. The molecule has 3 aromatic rings. The van der Waals surface area contributed by atoms with Crippen LogP contribution in [0.15, 0.2) is 36.5 Å². The van der Waals surface area contributed by atoms with Crippen molar-refractivity contribution in [3.8, 4) is 5.75 Å². The van der Waals surface area contributed by atoms with E-state index in [9.17, 15) is 4.79 Å². The van der Waals surface area contributed by atoms with E-state index >= 15 is 0 Å². The lowest BCUT2D eigenvalue weighted by Crippen LogP contribution is -2.28. The topological polar surface area (TPSA) is 68.5 Å². The molecule has 1 atom stereocenters. The van der Waals surface area contributed by atoms with Crippen molar-refractivity contribution >= 4 is 34.8 Å². The zero-order chi connectivity index (χ0) is 17.3. The second kappa shape index (κ2) is 6.67. The van der Waals surface area contributed by atoms with Gasteiger partial charge in [0.25, 0.3) is 5.91 Å². The van der Waals surface area contributed by atoms with Crippen LogP contribution in [-0.2, 0) is 0 Å². The Morgan fingerprint density at radius 3 is 2.62 bits per heavy atom. The fraction of sp³-hybridized carbons (Fsp3) is 0.188. The number of methoxy groups -OCH3 is 1. The van der Waals surface area contributed by atoms with E-state index < -0.39 is 0 Å². The van der Waals surface area contributed by atoms with E-state index in [1.165, 1.54) is 19.2 Å². The van der Waals surface area contributed by atoms with Crippen LogP contribution in [0, 0.1) is 0 Å². The maximum absolute atomic E-state index is 12.5. The maximum Gasteiger partial charge on any atom is 0.251 e. The average Bonchev–Trinajstić information content (AvgIpc) is 2.98. The van der Waals surface area contributed by atoms with Gasteiger partial charge in [-0.1, -0.05) is 29.3 Å². The van der Waals surface area contributed by atoms with E-state index in [-0.39, 0.29) is 22.0 Å². The molecule has 0 aliphatic rings. The summed E-state index contributed by atoms with van der Waals surface area (Å²) in [7, 11) is 1.46. The first-order valence-corrected chi connectivity index (χ1v) is 7.90. The molecule has 0 radical (unpaired) electrons. The molecular weight excluding hydrogens is 351 g/mol. The third-order valence-corrected chi connectivity index (χ3v) is 4.10. The molecule has 1 N–H and O–H groups in total. The lowest BCUT2D eigenvalue weighted by Gasteiger charge is -2.14. The van der Waals surface area contributed by atoms with Crippen LogP contribution < -0.4 is 10.1 Å². The Balaban J connectivity index is 1.84. The van der Waals surface area contributed by atoms with Crippen LogP contribution in [0.1, 0.15) is 29.1 Å². The van der Waals surface area contributed by atoms with Crippen molar-refractivity contribution in [2.75, 3.05) is 7.11 Å². The number of aromatic nitrogens is 3. The van der Waals surface area contributed by atoms with Gasteiger partial charge in [-0.2, -0.15) is 0 Å². The first-order chi connectivity index (χ1) is 11.5. The van der Waals surface area contributed by atoms with Crippen LogP contribution in [0.3, 0.4) is 0 Å². The Bertz CT molecular complexity index is 887. The molecular formula is C16H14Cl2N4O2. The molecule has 2 aromatic heterocycles. The molecule has 1 aromatic carbocycles. The van der Waals surface area contributed by atoms with Crippen molar-refractivity contribution in [1.29, 1.82) is 0 Å². The molecule has 3 rings (SSSR count). The van der Waals surface area contributed by atoms with Gasteiger partial charge in [-0.25, -0.2) is 0 Å². The summed E-state index contributed by atoms with van der Waals surface area (Å²) in [5.74, 6) is 0.651. The van der Waals surface area contributed by atoms with E-state index in [2.05, 4.69) is 15.5 Å². The Morgan fingerprint density at radius 1 is 1.25 bits per heavy atom. The molecule has 0 saturated heterocycles. The third-order valence-electron chi connectivity index (χ3n) is 3.54. The summed E-state index contributed by atoms with van der Waals surface area (Å²) in [6, 6.07) is 8.26. The number of hydrogen-bond donors (Lipinski definition) is 1. The number of benzene rings is 1. The van der Waals surface area contributed by atoms with Crippen LogP contribution >= 0.6 is 23.2 Å². The number of nitrogens with zero attached hydrogens (tertiary/aromatic N) is 3. The van der Waals surface area contributed by atoms with Crippen molar-refractivity contribution in [2.45, 2.75) is 13.0 Å². The van der Waals surface area contributed by atoms with E-state index in [1.54, 1.807) is 0 Å². The summed E-state index contributed by atoms with van der Waals surface area (Å²) in [5.41, 5.74) is 1.05. The van der Waals surface area contributed by atoms with Crippen molar-refractivity contribution < 1.29 is 9.53 Å². The molecule has 124 valence electrons. The monoisotopic (exact) mass is 364 g/mol. The van der Waals surface area contributed by atoms with Gasteiger partial charge in [0.15, 0.2) is 17.2 Å². The number of halogens is 2. The van der Waals surface area contributed by atoms with Crippen molar-refractivity contribution in [1.82, 2.24) is 19.9 Å². The molecule has 1 amide bonds. The molecule has 0 spiro atoms. The fourth-order valence-corrected chi connectivity index (χ4v) is 3.03. The molecule has 24 heavy (non-hydrogen) atoms. The van der Waals surface area contributed by atoms with Crippen LogP contribution in [0.4, 0.5) is 0 Å². The minimum Gasteiger partial charge on any atom is -0.494 e. The van der Waals surface area contributed by atoms with Gasteiger partial charge in [0.1, 0.15) is 0 Å². The number of hydrogen-bond acceptors (Lipinski definition) is 4. The molecule has 2 heterocycles. The number of carbonyl (C=O) groups is 1. The minimum atomic E-state index is -0.352. The largest absolute Gasteiger partial charge is 0.494 e.